The van der Waals surface area contributed by atoms with Gasteiger partial charge >= 0.3 is 0 Å². The maximum Gasteiger partial charge on any atom is 0.136 e. The molecule has 48 heavy (non-hydrogen) atoms. The van der Waals surface area contributed by atoms with Crippen molar-refractivity contribution in [3.05, 3.63) is 159 Å². The van der Waals surface area contributed by atoms with Gasteiger partial charge in [-0.1, -0.05) is 123 Å². The standard InChI is InChI=1S/C40H45N2O.C3H5.CH3.Cu/c1-29-26-34(30-16-6-2-7-17-30)27-35(31-18-8-3-9-19-31)38(29)42-28-41(36-24-14-15-25-37(36)43)39(32-20-10-4-11-21-32)40(42)33-22-12-5-13-23-33;1-3-2;;/h4-5,10-15,20-28,30-31,39-40,43H,2-3,6-9,16-19H2,1H3;3H,1-2H2;1H3;/q3*-1;/t39-,40+;;;/m0.../s1. The van der Waals surface area contributed by atoms with Crippen LogP contribution in [-0.2, 0) is 17.1 Å². The number of rotatable bonds is 6. The Bertz CT molecular complexity index is 1560. The van der Waals surface area contributed by atoms with Crippen LogP contribution in [0.2, 0.25) is 0 Å². The summed E-state index contributed by atoms with van der Waals surface area (Å²) < 4.78 is 0. The fourth-order valence-corrected chi connectivity index (χ4v) is 8.24. The summed E-state index contributed by atoms with van der Waals surface area (Å²) in [6, 6.07) is 34.9. The number of allylic oxidation sites excluding steroid dienone is 1. The summed E-state index contributed by atoms with van der Waals surface area (Å²) in [7, 11) is 0. The average Bonchev–Trinajstić information content (AvgIpc) is 3.50. The van der Waals surface area contributed by atoms with Gasteiger partial charge in [0.25, 0.3) is 0 Å². The van der Waals surface area contributed by atoms with E-state index in [4.69, 9.17) is 0 Å². The van der Waals surface area contributed by atoms with Crippen molar-refractivity contribution >= 4 is 11.4 Å². The number of nitrogens with zero attached hydrogens (tertiary/aromatic N) is 2. The van der Waals surface area contributed by atoms with Crippen molar-refractivity contribution in [3.63, 3.8) is 0 Å². The van der Waals surface area contributed by atoms with Gasteiger partial charge in [-0.15, -0.1) is 0 Å². The summed E-state index contributed by atoms with van der Waals surface area (Å²) in [5.41, 5.74) is 9.24. The van der Waals surface area contributed by atoms with E-state index in [1.807, 2.05) is 18.2 Å². The average molecular weight is 689 g/mol. The van der Waals surface area contributed by atoms with E-state index < -0.39 is 0 Å². The monoisotopic (exact) mass is 688 g/mol. The number of phenols is 1. The van der Waals surface area contributed by atoms with Gasteiger partial charge in [0.15, 0.2) is 0 Å². The number of phenolic OH excluding ortho intramolecular Hbond substituents is 1. The third kappa shape index (κ3) is 7.99. The molecule has 1 N–H and O–H groups in total. The molecule has 0 unspecified atom stereocenters. The first-order chi connectivity index (χ1) is 22.6. The first-order valence-electron chi connectivity index (χ1n) is 17.4. The van der Waals surface area contributed by atoms with Crippen LogP contribution >= 0.6 is 0 Å². The van der Waals surface area contributed by atoms with Crippen LogP contribution in [0, 0.1) is 27.9 Å². The largest absolute Gasteiger partial charge is 0.506 e. The Balaban J connectivity index is 0.00000100. The van der Waals surface area contributed by atoms with Gasteiger partial charge in [-0.25, -0.2) is 19.6 Å². The third-order valence-corrected chi connectivity index (χ3v) is 10.3. The molecular formula is C44H53CuN2O-3. The Morgan fingerprint density at radius 1 is 0.688 bits per heavy atom. The number of benzene rings is 4. The molecule has 2 saturated carbocycles. The second kappa shape index (κ2) is 17.7. The maximum absolute atomic E-state index is 11.2. The molecular weight excluding hydrogens is 636 g/mol. The van der Waals surface area contributed by atoms with Crippen LogP contribution in [0.25, 0.3) is 0 Å². The Morgan fingerprint density at radius 2 is 1.17 bits per heavy atom. The molecule has 1 radical (unpaired) electrons. The number of aryl methyl sites for hydroxylation is 1. The summed E-state index contributed by atoms with van der Waals surface area (Å²) in [5.74, 6) is 1.58. The Hall–Kier alpha value is -3.59. The fourth-order valence-electron chi connectivity index (χ4n) is 8.24. The summed E-state index contributed by atoms with van der Waals surface area (Å²) in [4.78, 5) is 4.89. The van der Waals surface area contributed by atoms with Gasteiger partial charge in [0, 0.05) is 22.8 Å². The number of hydrogen-bond donors (Lipinski definition) is 1. The van der Waals surface area contributed by atoms with E-state index in [0.717, 1.165) is 5.69 Å². The molecule has 2 atom stereocenters. The molecule has 0 aromatic heterocycles. The second-order valence-corrected chi connectivity index (χ2v) is 13.4. The van der Waals surface area contributed by atoms with E-state index in [1.165, 1.54) is 92.7 Å². The van der Waals surface area contributed by atoms with Gasteiger partial charge in [0.05, 0.1) is 17.8 Å². The molecule has 4 aromatic carbocycles. The van der Waals surface area contributed by atoms with Crippen LogP contribution in [0.1, 0.15) is 116 Å². The van der Waals surface area contributed by atoms with E-state index in [2.05, 4.69) is 116 Å². The fraction of sp³-hybridized carbons (Fsp3) is 0.341. The normalized spacial score (nSPS) is 19.8. The molecule has 0 spiro atoms. The van der Waals surface area contributed by atoms with Crippen LogP contribution in [0.5, 0.6) is 5.75 Å². The molecule has 7 rings (SSSR count). The van der Waals surface area contributed by atoms with Crippen molar-refractivity contribution in [2.45, 2.75) is 95.1 Å². The number of anilines is 2. The van der Waals surface area contributed by atoms with Crippen LogP contribution in [-0.4, -0.2) is 5.11 Å². The van der Waals surface area contributed by atoms with Crippen molar-refractivity contribution in [1.82, 2.24) is 0 Å². The first-order valence-corrected chi connectivity index (χ1v) is 17.4. The number of hydrogen-bond acceptors (Lipinski definition) is 3. The van der Waals surface area contributed by atoms with E-state index >= 15 is 0 Å². The van der Waals surface area contributed by atoms with Gasteiger partial charge < -0.3 is 22.3 Å². The Morgan fingerprint density at radius 3 is 1.71 bits per heavy atom. The van der Waals surface area contributed by atoms with Crippen molar-refractivity contribution in [2.75, 3.05) is 9.80 Å². The molecule has 3 fully saturated rings. The Labute approximate surface area is 301 Å². The van der Waals surface area contributed by atoms with Gasteiger partial charge in [0.1, 0.15) is 5.75 Å². The predicted octanol–water partition coefficient (Wildman–Crippen LogP) is 12.2. The van der Waals surface area contributed by atoms with Crippen molar-refractivity contribution in [1.29, 1.82) is 0 Å². The topological polar surface area (TPSA) is 26.7 Å². The Kier molecular flexibility index (Phi) is 13.7. The van der Waals surface area contributed by atoms with Gasteiger partial charge in [-0.2, -0.15) is 6.67 Å². The molecule has 0 bridgehead atoms. The van der Waals surface area contributed by atoms with Crippen molar-refractivity contribution in [2.24, 2.45) is 0 Å². The minimum absolute atomic E-state index is 0. The molecule has 3 aliphatic rings. The molecule has 1 saturated heterocycles. The number of aromatic hydroxyl groups is 1. The minimum Gasteiger partial charge on any atom is -0.506 e. The van der Waals surface area contributed by atoms with E-state index in [1.54, 1.807) is 11.1 Å². The molecule has 1 aliphatic heterocycles. The molecule has 259 valence electrons. The molecule has 4 heteroatoms. The van der Waals surface area contributed by atoms with Gasteiger partial charge in [0.2, 0.25) is 0 Å². The van der Waals surface area contributed by atoms with E-state index in [9.17, 15) is 5.11 Å². The van der Waals surface area contributed by atoms with Crippen molar-refractivity contribution in [3.8, 4) is 5.75 Å². The smallest absolute Gasteiger partial charge is 0.136 e. The molecule has 3 nitrogen and oxygen atoms in total. The van der Waals surface area contributed by atoms with Crippen molar-refractivity contribution < 1.29 is 22.2 Å². The SMILES string of the molecule is C=C[CH2-].Cc1cc(C2CCCCC2)cc(C2CCCCC2)c1N1[CH-]N(c2ccccc2O)[C@@H](c2ccccc2)[C@H]1c1ccccc1.[CH3-].[Cu]. The third-order valence-electron chi connectivity index (χ3n) is 10.3. The van der Waals surface area contributed by atoms with Gasteiger partial charge in [-0.3, -0.25) is 0 Å². The van der Waals surface area contributed by atoms with E-state index in [-0.39, 0.29) is 36.6 Å². The zero-order valence-electron chi connectivity index (χ0n) is 28.8. The zero-order valence-corrected chi connectivity index (χ0v) is 29.8. The molecule has 0 amide bonds. The molecule has 2 aliphatic carbocycles. The maximum atomic E-state index is 11.2. The predicted molar refractivity (Wildman–Crippen MR) is 201 cm³/mol. The zero-order chi connectivity index (χ0) is 31.9. The summed E-state index contributed by atoms with van der Waals surface area (Å²) >= 11 is 0. The van der Waals surface area contributed by atoms with Crippen LogP contribution in [0.15, 0.2) is 110 Å². The molecule has 4 aromatic rings. The summed E-state index contributed by atoms with van der Waals surface area (Å²) in [6.45, 7) is 11.2. The quantitative estimate of drug-likeness (QED) is 0.161. The summed E-state index contributed by atoms with van der Waals surface area (Å²) in [5, 5.41) is 11.2. The minimum atomic E-state index is -0.00599. The van der Waals surface area contributed by atoms with Crippen LogP contribution in [0.4, 0.5) is 11.4 Å². The van der Waals surface area contributed by atoms with Crippen LogP contribution < -0.4 is 9.80 Å². The van der Waals surface area contributed by atoms with Gasteiger partial charge in [-0.05, 0) is 84.4 Å². The first kappa shape index (κ1) is 37.2. The van der Waals surface area contributed by atoms with E-state index in [0.29, 0.717) is 17.6 Å². The summed E-state index contributed by atoms with van der Waals surface area (Å²) in [6.07, 6.45) is 14.8. The number of para-hydroxylation sites is 2. The second-order valence-electron chi connectivity index (χ2n) is 13.4. The van der Waals surface area contributed by atoms with Crippen LogP contribution in [0.3, 0.4) is 0 Å². The molecule has 1 heterocycles.